The highest BCUT2D eigenvalue weighted by Crippen LogP contribution is 2.42. The van der Waals surface area contributed by atoms with Gasteiger partial charge < -0.3 is 9.13 Å². The molecule has 80 heavy (non-hydrogen) atoms. The third kappa shape index (κ3) is 8.04. The molecule has 0 spiro atoms. The first-order valence-electron chi connectivity index (χ1n) is 29.5. The Morgan fingerprint density at radius 1 is 0.287 bits per heavy atom. The number of hydrogen-bond acceptors (Lipinski definition) is 0. The molecule has 0 atom stereocenters. The van der Waals surface area contributed by atoms with Gasteiger partial charge in [-0.25, -0.2) is 0 Å². The minimum absolute atomic E-state index is 0.0205. The normalized spacial score (nSPS) is 13.6. The second-order valence-electron chi connectivity index (χ2n) is 28.7. The zero-order chi connectivity index (χ0) is 56.6. The van der Waals surface area contributed by atoms with Crippen LogP contribution < -0.4 is 32.8 Å². The number of aromatic nitrogens is 2. The van der Waals surface area contributed by atoms with E-state index >= 15 is 0 Å². The summed E-state index contributed by atoms with van der Waals surface area (Å²) in [5, 5.41) is 5.26. The predicted molar refractivity (Wildman–Crippen MR) is 351 cm³/mol. The third-order valence-electron chi connectivity index (χ3n) is 18.6. The largest absolute Gasteiger partial charge is 0.310 e. The lowest BCUT2D eigenvalue weighted by molar-refractivity contribution is 0.590. The molecule has 0 fully saturated rings. The fourth-order valence-corrected chi connectivity index (χ4v) is 14.6. The Kier molecular flexibility index (Phi) is 11.5. The molecule has 0 N–H and O–H groups in total. The van der Waals surface area contributed by atoms with Crippen LogP contribution in [0.1, 0.15) is 139 Å². The molecule has 9 aromatic carbocycles. The van der Waals surface area contributed by atoms with Gasteiger partial charge in [0.2, 0.25) is 13.4 Å². The van der Waals surface area contributed by atoms with Gasteiger partial charge in [0.15, 0.2) is 0 Å². The van der Waals surface area contributed by atoms with Crippen LogP contribution in [0.3, 0.4) is 0 Å². The Balaban J connectivity index is 1.19. The molecule has 2 nitrogen and oxygen atoms in total. The van der Waals surface area contributed by atoms with Crippen LogP contribution in [0.15, 0.2) is 146 Å². The maximum absolute atomic E-state index is 2.69. The molecular weight excluding hydrogens is 962 g/mol. The first kappa shape index (κ1) is 52.1. The lowest BCUT2D eigenvalue weighted by Crippen LogP contribution is -2.61. The second-order valence-corrected chi connectivity index (χ2v) is 28.7. The Morgan fingerprint density at radius 3 is 1.09 bits per heavy atom. The quantitative estimate of drug-likeness (QED) is 0.156. The number of hydrogen-bond donors (Lipinski definition) is 0. The fraction of sp³-hybridized carbons (Fsp3) is 0.289. The summed E-state index contributed by atoms with van der Waals surface area (Å²) in [6.07, 6.45) is 0. The van der Waals surface area contributed by atoms with Gasteiger partial charge in [-0.1, -0.05) is 224 Å². The van der Waals surface area contributed by atoms with Gasteiger partial charge in [-0.3, -0.25) is 0 Å². The lowest BCUT2D eigenvalue weighted by atomic mass is 9.31. The number of aryl methyl sites for hydroxylation is 6. The van der Waals surface area contributed by atoms with Crippen molar-refractivity contribution in [3.63, 3.8) is 0 Å². The third-order valence-corrected chi connectivity index (χ3v) is 18.6. The fourth-order valence-electron chi connectivity index (χ4n) is 14.6. The van der Waals surface area contributed by atoms with Crippen molar-refractivity contribution in [3.8, 4) is 33.6 Å². The Morgan fingerprint density at radius 2 is 0.637 bits per heavy atom. The molecule has 0 aliphatic carbocycles. The predicted octanol–water partition coefficient (Wildman–Crippen LogP) is 15.9. The van der Waals surface area contributed by atoms with Gasteiger partial charge in [0.05, 0.1) is 11.0 Å². The summed E-state index contributed by atoms with van der Waals surface area (Å²) in [4.78, 5) is 0. The molecule has 2 aromatic heterocycles. The minimum atomic E-state index is -0.0900. The van der Waals surface area contributed by atoms with Crippen molar-refractivity contribution in [1.82, 2.24) is 9.13 Å². The average Bonchev–Trinajstić information content (AvgIpc) is 1.88. The van der Waals surface area contributed by atoms with Gasteiger partial charge in [-0.15, -0.1) is 0 Å². The van der Waals surface area contributed by atoms with E-state index in [0.717, 1.165) is 0 Å². The van der Waals surface area contributed by atoms with Crippen LogP contribution in [0, 0.1) is 41.5 Å². The Hall–Kier alpha value is -7.29. The molecule has 11 aromatic rings. The molecular formula is C76H78B2N2. The van der Waals surface area contributed by atoms with Gasteiger partial charge in [0.25, 0.3) is 0 Å². The van der Waals surface area contributed by atoms with E-state index in [4.69, 9.17) is 0 Å². The summed E-state index contributed by atoms with van der Waals surface area (Å²) in [6.45, 7) is 41.9. The molecule has 4 heteroatoms. The van der Waals surface area contributed by atoms with Crippen molar-refractivity contribution in [2.75, 3.05) is 0 Å². The topological polar surface area (TPSA) is 9.86 Å². The number of fused-ring (bicyclic) bond motifs is 10. The van der Waals surface area contributed by atoms with E-state index in [1.165, 1.54) is 166 Å². The molecule has 2 aliphatic rings. The summed E-state index contributed by atoms with van der Waals surface area (Å²) >= 11 is 0. The summed E-state index contributed by atoms with van der Waals surface area (Å²) in [5.41, 5.74) is 34.4. The maximum atomic E-state index is 2.69. The first-order chi connectivity index (χ1) is 37.6. The van der Waals surface area contributed by atoms with E-state index < -0.39 is 0 Å². The summed E-state index contributed by atoms with van der Waals surface area (Å²) in [5.74, 6) is 0. The van der Waals surface area contributed by atoms with Crippen LogP contribution in [0.4, 0.5) is 0 Å². The van der Waals surface area contributed by atoms with Gasteiger partial charge in [0, 0.05) is 44.0 Å². The van der Waals surface area contributed by atoms with E-state index in [9.17, 15) is 0 Å². The lowest BCUT2D eigenvalue weighted by Gasteiger charge is -2.35. The highest BCUT2D eigenvalue weighted by molar-refractivity contribution is 7.00. The molecule has 0 bridgehead atoms. The van der Waals surface area contributed by atoms with Crippen molar-refractivity contribution in [3.05, 3.63) is 201 Å². The van der Waals surface area contributed by atoms with Crippen LogP contribution in [-0.4, -0.2) is 22.6 Å². The average molecular weight is 1040 g/mol. The van der Waals surface area contributed by atoms with Gasteiger partial charge >= 0.3 is 0 Å². The summed E-state index contributed by atoms with van der Waals surface area (Å²) in [6, 6.07) is 58.7. The van der Waals surface area contributed by atoms with E-state index in [2.05, 4.69) is 279 Å². The second kappa shape index (κ2) is 17.6. The zero-order valence-corrected chi connectivity index (χ0v) is 50.9. The minimum Gasteiger partial charge on any atom is -0.310 e. The SMILES string of the molecule is Cc1cc(C)c(B2c3cc4c(cc3-n3c5ccc(C(C)(C)C)cc5c5cc(-c6ccc(C(C)(C)C)cc6)cc2c53)B(c2c(C)cc(C)cc2C)c2cc(C(C)(C)C)cc3c5cc(-c6ccc(C(C)(C)C)cc6)ccc5n-4c23)c(C)c1. The number of nitrogens with zero attached hydrogens (tertiary/aromatic N) is 2. The standard InChI is InChI=1S/C76H78B2N2/c1-43-31-45(3)69(46(4)32-43)77-61-41-68-62(42-67(61)80-66-30-28-55(75(13,14)15)38-58(66)59-36-52(37-63(77)71(59)80)50-21-26-54(27-22-50)74(10,11)12)78(70-47(5)33-44(2)34-48(70)6)64-40-56(76(16,17)18)39-60-57-35-51(23-29-65(57)79(68)72(60)64)49-19-24-53(25-20-49)73(7,8)9/h19-42H,1-18H3. The van der Waals surface area contributed by atoms with Crippen LogP contribution in [-0.2, 0) is 21.7 Å². The number of rotatable bonds is 4. The zero-order valence-electron chi connectivity index (χ0n) is 50.9. The summed E-state index contributed by atoms with van der Waals surface area (Å²) in [7, 11) is 0. The van der Waals surface area contributed by atoms with E-state index in [1.54, 1.807) is 0 Å². The van der Waals surface area contributed by atoms with E-state index in [1.807, 2.05) is 0 Å². The molecule has 0 saturated heterocycles. The molecule has 398 valence electrons. The molecule has 2 aliphatic heterocycles. The molecule has 0 saturated carbocycles. The van der Waals surface area contributed by atoms with Gasteiger partial charge in [-0.2, -0.15) is 0 Å². The van der Waals surface area contributed by atoms with Gasteiger partial charge in [-0.05, 0) is 178 Å². The molecule has 0 amide bonds. The first-order valence-corrected chi connectivity index (χ1v) is 29.5. The summed E-state index contributed by atoms with van der Waals surface area (Å²) < 4.78 is 5.38. The molecule has 0 radical (unpaired) electrons. The Labute approximate surface area is 477 Å². The smallest absolute Gasteiger partial charge is 0.247 e. The van der Waals surface area contributed by atoms with Crippen molar-refractivity contribution >= 4 is 89.8 Å². The van der Waals surface area contributed by atoms with Crippen LogP contribution in [0.25, 0.3) is 77.2 Å². The van der Waals surface area contributed by atoms with Gasteiger partial charge in [0.1, 0.15) is 0 Å². The molecule has 4 heterocycles. The molecule has 13 rings (SSSR count). The van der Waals surface area contributed by atoms with Crippen molar-refractivity contribution in [2.45, 2.75) is 146 Å². The van der Waals surface area contributed by atoms with Crippen molar-refractivity contribution in [2.24, 2.45) is 0 Å². The number of benzene rings is 9. The maximum Gasteiger partial charge on any atom is 0.247 e. The highest BCUT2D eigenvalue weighted by Gasteiger charge is 2.42. The van der Waals surface area contributed by atoms with Crippen LogP contribution in [0.2, 0.25) is 0 Å². The molecule has 0 unspecified atom stereocenters. The van der Waals surface area contributed by atoms with E-state index in [0.29, 0.717) is 0 Å². The van der Waals surface area contributed by atoms with E-state index in [-0.39, 0.29) is 35.1 Å². The Bertz CT molecular complexity index is 4390. The van der Waals surface area contributed by atoms with Crippen LogP contribution >= 0.6 is 0 Å². The van der Waals surface area contributed by atoms with Crippen molar-refractivity contribution < 1.29 is 0 Å². The van der Waals surface area contributed by atoms with Crippen LogP contribution in [0.5, 0.6) is 0 Å². The monoisotopic (exact) mass is 1040 g/mol. The van der Waals surface area contributed by atoms with Crippen molar-refractivity contribution in [1.29, 1.82) is 0 Å². The highest BCUT2D eigenvalue weighted by atomic mass is 15.0.